The minimum absolute atomic E-state index is 0.158. The van der Waals surface area contributed by atoms with Gasteiger partial charge in [0.15, 0.2) is 0 Å². The van der Waals surface area contributed by atoms with Crippen LogP contribution in [0.2, 0.25) is 0 Å². The summed E-state index contributed by atoms with van der Waals surface area (Å²) in [7, 11) is 0. The molecular formula is C58H54N2. The Balaban J connectivity index is 1.37. The van der Waals surface area contributed by atoms with E-state index in [0.717, 1.165) is 5.69 Å². The van der Waals surface area contributed by atoms with Crippen LogP contribution in [0.25, 0.3) is 43.8 Å². The summed E-state index contributed by atoms with van der Waals surface area (Å²) in [5.41, 5.74) is 19.7. The summed E-state index contributed by atoms with van der Waals surface area (Å²) >= 11 is 0. The van der Waals surface area contributed by atoms with Crippen LogP contribution in [0.1, 0.15) is 47.2 Å². The Morgan fingerprint density at radius 3 is 1.33 bits per heavy atom. The molecule has 0 amide bonds. The molecule has 0 saturated carbocycles. The normalized spacial score (nSPS) is 15.0. The molecule has 2 unspecified atom stereocenters. The van der Waals surface area contributed by atoms with E-state index < -0.39 is 0 Å². The van der Waals surface area contributed by atoms with Crippen molar-refractivity contribution in [3.05, 3.63) is 209 Å². The van der Waals surface area contributed by atoms with E-state index >= 15 is 0 Å². The lowest BCUT2D eigenvalue weighted by molar-refractivity contribution is 0.604. The monoisotopic (exact) mass is 778 g/mol. The lowest BCUT2D eigenvalue weighted by Crippen LogP contribution is -2.36. The van der Waals surface area contributed by atoms with Crippen molar-refractivity contribution >= 4 is 50.0 Å². The molecule has 2 atom stereocenters. The first-order chi connectivity index (χ1) is 29.0. The van der Waals surface area contributed by atoms with E-state index in [0.29, 0.717) is 5.92 Å². The fourth-order valence-electron chi connectivity index (χ4n) is 9.71. The summed E-state index contributed by atoms with van der Waals surface area (Å²) in [6.07, 6.45) is 7.10. The van der Waals surface area contributed by atoms with Gasteiger partial charge in [0.05, 0.1) is 6.04 Å². The summed E-state index contributed by atoms with van der Waals surface area (Å²) in [4.78, 5) is 5.04. The van der Waals surface area contributed by atoms with E-state index in [1.165, 1.54) is 106 Å². The number of hydrogen-bond acceptors (Lipinski definition) is 2. The van der Waals surface area contributed by atoms with Crippen molar-refractivity contribution in [2.45, 2.75) is 61.4 Å². The largest absolute Gasteiger partial charge is 0.334 e. The van der Waals surface area contributed by atoms with Gasteiger partial charge in [-0.3, -0.25) is 0 Å². The van der Waals surface area contributed by atoms with E-state index in [4.69, 9.17) is 0 Å². The van der Waals surface area contributed by atoms with Crippen LogP contribution in [0, 0.1) is 47.5 Å². The molecule has 0 heterocycles. The van der Waals surface area contributed by atoms with Crippen molar-refractivity contribution in [2.24, 2.45) is 5.92 Å². The molecule has 2 heteroatoms. The molecule has 1 aliphatic rings. The average molecular weight is 779 g/mol. The molecule has 0 radical (unpaired) electrons. The van der Waals surface area contributed by atoms with Gasteiger partial charge in [0.2, 0.25) is 0 Å². The molecular weight excluding hydrogens is 725 g/mol. The number of anilines is 5. The standard InChI is InChI=1S/C58H54N2/c1-37-19-27-53(41(5)31-37)59(54-28-20-38(2)32-42(54)6)47-23-25-49-51(35-47)57(45-15-11-9-12-16-45)50-26-24-48(36-52(50)58(49)46-17-13-10-14-18-46)60(55-29-21-39(3)33-43(55)7)56-30-22-40(4)34-44(56)8/h9-36,41,53H,1-8H3. The Morgan fingerprint density at radius 2 is 0.867 bits per heavy atom. The highest BCUT2D eigenvalue weighted by Gasteiger charge is 2.28. The van der Waals surface area contributed by atoms with Gasteiger partial charge >= 0.3 is 0 Å². The van der Waals surface area contributed by atoms with Crippen molar-refractivity contribution in [3.63, 3.8) is 0 Å². The SMILES string of the molecule is CC1=CC(C)C(N(c2ccc3c(-c4ccccc4)c4cc(N(c5ccc(C)cc5C)c5ccc(C)cc5C)ccc4c(-c4ccccc4)c3c2)c2ccc(C)cc2C)C=C1. The first kappa shape index (κ1) is 38.9. The highest BCUT2D eigenvalue weighted by molar-refractivity contribution is 6.22. The first-order valence-electron chi connectivity index (χ1n) is 21.4. The molecule has 0 N–H and O–H groups in total. The highest BCUT2D eigenvalue weighted by Crippen LogP contribution is 2.49. The van der Waals surface area contributed by atoms with Gasteiger partial charge in [0.1, 0.15) is 0 Å². The second-order valence-electron chi connectivity index (χ2n) is 17.1. The summed E-state index contributed by atoms with van der Waals surface area (Å²) in [5, 5.41) is 4.94. The number of fused-ring (bicyclic) bond motifs is 2. The highest BCUT2D eigenvalue weighted by atomic mass is 15.2. The van der Waals surface area contributed by atoms with Crippen molar-refractivity contribution in [2.75, 3.05) is 9.80 Å². The Morgan fingerprint density at radius 1 is 0.417 bits per heavy atom. The Bertz CT molecular complexity index is 2920. The molecule has 9 rings (SSSR count). The maximum Gasteiger partial charge on any atom is 0.0585 e. The number of allylic oxidation sites excluding steroid dienone is 2. The van der Waals surface area contributed by atoms with Gasteiger partial charge in [-0.05, 0) is 157 Å². The van der Waals surface area contributed by atoms with Crippen molar-refractivity contribution in [3.8, 4) is 22.3 Å². The second-order valence-corrected chi connectivity index (χ2v) is 17.1. The predicted octanol–water partition coefficient (Wildman–Crippen LogP) is 16.3. The van der Waals surface area contributed by atoms with Crippen molar-refractivity contribution in [1.29, 1.82) is 0 Å². The van der Waals surface area contributed by atoms with Crippen molar-refractivity contribution < 1.29 is 0 Å². The molecule has 0 fully saturated rings. The van der Waals surface area contributed by atoms with Gasteiger partial charge < -0.3 is 9.80 Å². The van der Waals surface area contributed by atoms with Crippen LogP contribution in [0.3, 0.4) is 0 Å². The molecule has 0 bridgehead atoms. The van der Waals surface area contributed by atoms with Gasteiger partial charge in [-0.1, -0.05) is 157 Å². The summed E-state index contributed by atoms with van der Waals surface area (Å²) in [6.45, 7) is 17.8. The predicted molar refractivity (Wildman–Crippen MR) is 260 cm³/mol. The molecule has 8 aromatic rings. The third kappa shape index (κ3) is 7.11. The Labute approximate surface area is 356 Å². The van der Waals surface area contributed by atoms with Crippen LogP contribution in [0.15, 0.2) is 175 Å². The fourth-order valence-corrected chi connectivity index (χ4v) is 9.71. The van der Waals surface area contributed by atoms with E-state index in [2.05, 4.69) is 235 Å². The van der Waals surface area contributed by atoms with E-state index in [9.17, 15) is 0 Å². The average Bonchev–Trinajstić information content (AvgIpc) is 3.23. The summed E-state index contributed by atoms with van der Waals surface area (Å²) in [5.74, 6) is 0.326. The minimum atomic E-state index is 0.158. The van der Waals surface area contributed by atoms with Crippen LogP contribution < -0.4 is 9.80 Å². The third-order valence-corrected chi connectivity index (χ3v) is 12.5. The Kier molecular flexibility index (Phi) is 10.3. The molecule has 8 aromatic carbocycles. The quantitative estimate of drug-likeness (QED) is 0.142. The van der Waals surface area contributed by atoms with E-state index in [-0.39, 0.29) is 6.04 Å². The van der Waals surface area contributed by atoms with Gasteiger partial charge in [-0.25, -0.2) is 0 Å². The lowest BCUT2D eigenvalue weighted by atomic mass is 9.85. The molecule has 60 heavy (non-hydrogen) atoms. The van der Waals surface area contributed by atoms with Crippen LogP contribution in [-0.4, -0.2) is 6.04 Å². The maximum atomic E-state index is 2.58. The number of nitrogens with zero attached hydrogens (tertiary/aromatic N) is 2. The number of benzene rings is 8. The minimum Gasteiger partial charge on any atom is -0.334 e. The van der Waals surface area contributed by atoms with Gasteiger partial charge in [0, 0.05) is 28.4 Å². The third-order valence-electron chi connectivity index (χ3n) is 12.5. The number of aryl methyl sites for hydroxylation is 6. The lowest BCUT2D eigenvalue weighted by Gasteiger charge is -2.38. The number of rotatable bonds is 8. The molecule has 0 aromatic heterocycles. The molecule has 0 aliphatic heterocycles. The van der Waals surface area contributed by atoms with Crippen molar-refractivity contribution in [1.82, 2.24) is 0 Å². The van der Waals surface area contributed by atoms with Gasteiger partial charge in [-0.2, -0.15) is 0 Å². The fraction of sp³-hybridized carbons (Fsp3) is 0.172. The molecule has 0 spiro atoms. The molecule has 296 valence electrons. The summed E-state index contributed by atoms with van der Waals surface area (Å²) < 4.78 is 0. The number of hydrogen-bond donors (Lipinski definition) is 0. The maximum absolute atomic E-state index is 2.58. The zero-order chi connectivity index (χ0) is 41.7. The molecule has 0 saturated heterocycles. The van der Waals surface area contributed by atoms with Crippen LogP contribution >= 0.6 is 0 Å². The summed E-state index contributed by atoms with van der Waals surface area (Å²) in [6, 6.07) is 57.1. The smallest absolute Gasteiger partial charge is 0.0585 e. The zero-order valence-corrected chi connectivity index (χ0v) is 36.2. The molecule has 2 nitrogen and oxygen atoms in total. The van der Waals surface area contributed by atoms with E-state index in [1.807, 2.05) is 0 Å². The molecule has 1 aliphatic carbocycles. The Hall–Kier alpha value is -6.64. The second kappa shape index (κ2) is 15.8. The topological polar surface area (TPSA) is 6.48 Å². The van der Waals surface area contributed by atoms with Crippen LogP contribution in [0.4, 0.5) is 28.4 Å². The van der Waals surface area contributed by atoms with Crippen LogP contribution in [0.5, 0.6) is 0 Å². The first-order valence-corrected chi connectivity index (χ1v) is 21.4. The van der Waals surface area contributed by atoms with Gasteiger partial charge in [0.25, 0.3) is 0 Å². The van der Waals surface area contributed by atoms with E-state index in [1.54, 1.807) is 0 Å². The van der Waals surface area contributed by atoms with Gasteiger partial charge in [-0.15, -0.1) is 0 Å². The zero-order valence-electron chi connectivity index (χ0n) is 36.2. The van der Waals surface area contributed by atoms with Crippen LogP contribution in [-0.2, 0) is 0 Å².